The first kappa shape index (κ1) is 15.0. The summed E-state index contributed by atoms with van der Waals surface area (Å²) in [5.41, 5.74) is 2.16. The average Bonchev–Trinajstić information content (AvgIpc) is 2.82. The maximum Gasteiger partial charge on any atom is 0.170 e. The van der Waals surface area contributed by atoms with Crippen LogP contribution in [0.3, 0.4) is 0 Å². The van der Waals surface area contributed by atoms with E-state index in [1.807, 2.05) is 23.0 Å². The zero-order valence-corrected chi connectivity index (χ0v) is 13.7. The lowest BCUT2D eigenvalue weighted by atomic mass is 10.2. The van der Waals surface area contributed by atoms with Gasteiger partial charge in [-0.2, -0.15) is 5.10 Å². The molecule has 0 saturated heterocycles. The van der Waals surface area contributed by atoms with Gasteiger partial charge >= 0.3 is 0 Å². The summed E-state index contributed by atoms with van der Waals surface area (Å²) in [6, 6.07) is 8.17. The molecule has 1 heterocycles. The Labute approximate surface area is 132 Å². The Morgan fingerprint density at radius 3 is 3.00 bits per heavy atom. The van der Waals surface area contributed by atoms with Crippen LogP contribution in [0, 0.1) is 0 Å². The fraction of sp³-hybridized carbons (Fsp3) is 0.286. The van der Waals surface area contributed by atoms with Crippen molar-refractivity contribution in [2.45, 2.75) is 19.9 Å². The van der Waals surface area contributed by atoms with E-state index in [1.54, 1.807) is 6.20 Å². The van der Waals surface area contributed by atoms with E-state index in [4.69, 9.17) is 12.2 Å². The highest BCUT2D eigenvalue weighted by molar-refractivity contribution is 9.10. The van der Waals surface area contributed by atoms with Gasteiger partial charge in [-0.25, -0.2) is 0 Å². The summed E-state index contributed by atoms with van der Waals surface area (Å²) in [5, 5.41) is 11.3. The van der Waals surface area contributed by atoms with Gasteiger partial charge in [0.2, 0.25) is 0 Å². The molecule has 4 nitrogen and oxygen atoms in total. The van der Waals surface area contributed by atoms with Crippen molar-refractivity contribution >= 4 is 38.9 Å². The Bertz CT molecular complexity index is 582. The van der Waals surface area contributed by atoms with Crippen molar-refractivity contribution in [1.82, 2.24) is 15.1 Å². The van der Waals surface area contributed by atoms with Crippen LogP contribution in [0.2, 0.25) is 0 Å². The molecule has 0 bridgehead atoms. The van der Waals surface area contributed by atoms with Crippen molar-refractivity contribution in [3.8, 4) is 0 Å². The third kappa shape index (κ3) is 4.61. The molecule has 0 saturated carbocycles. The Hall–Kier alpha value is -1.40. The van der Waals surface area contributed by atoms with Crippen LogP contribution in [-0.4, -0.2) is 21.4 Å². The standard InChI is InChI=1S/C14H17BrN4S/c1-2-6-16-14(20)18-13-5-3-4-11(7-13)9-19-10-12(15)8-17-19/h3-5,7-8,10H,2,6,9H2,1H3,(H2,16,18,20). The Kier molecular flexibility index (Phi) is 5.55. The first-order valence-electron chi connectivity index (χ1n) is 6.49. The van der Waals surface area contributed by atoms with Gasteiger partial charge in [0.05, 0.1) is 17.2 Å². The lowest BCUT2D eigenvalue weighted by molar-refractivity contribution is 0.687. The summed E-state index contributed by atoms with van der Waals surface area (Å²) in [6.07, 6.45) is 4.79. The van der Waals surface area contributed by atoms with E-state index in [9.17, 15) is 0 Å². The van der Waals surface area contributed by atoms with Gasteiger partial charge in [-0.05, 0) is 52.3 Å². The maximum atomic E-state index is 5.23. The van der Waals surface area contributed by atoms with Gasteiger partial charge in [0.25, 0.3) is 0 Å². The Morgan fingerprint density at radius 2 is 2.30 bits per heavy atom. The van der Waals surface area contributed by atoms with Crippen LogP contribution in [0.25, 0.3) is 0 Å². The van der Waals surface area contributed by atoms with Gasteiger partial charge < -0.3 is 10.6 Å². The molecule has 20 heavy (non-hydrogen) atoms. The van der Waals surface area contributed by atoms with Crippen LogP contribution in [-0.2, 0) is 6.54 Å². The fourth-order valence-electron chi connectivity index (χ4n) is 1.77. The number of nitrogens with one attached hydrogen (secondary N) is 2. The van der Waals surface area contributed by atoms with Crippen molar-refractivity contribution in [2.24, 2.45) is 0 Å². The van der Waals surface area contributed by atoms with E-state index in [1.165, 1.54) is 5.56 Å². The largest absolute Gasteiger partial charge is 0.362 e. The number of hydrogen-bond donors (Lipinski definition) is 2. The minimum absolute atomic E-state index is 0.658. The SMILES string of the molecule is CCCNC(=S)Nc1cccc(Cn2cc(Br)cn2)c1. The molecule has 2 aromatic rings. The first-order chi connectivity index (χ1) is 9.67. The summed E-state index contributed by atoms with van der Waals surface area (Å²) in [7, 11) is 0. The van der Waals surface area contributed by atoms with E-state index in [0.29, 0.717) is 5.11 Å². The second kappa shape index (κ2) is 7.40. The van der Waals surface area contributed by atoms with Crippen LogP contribution in [0.1, 0.15) is 18.9 Å². The van der Waals surface area contributed by atoms with Gasteiger partial charge in [0.15, 0.2) is 5.11 Å². The summed E-state index contributed by atoms with van der Waals surface area (Å²) >= 11 is 8.63. The smallest absolute Gasteiger partial charge is 0.170 e. The van der Waals surface area contributed by atoms with Gasteiger partial charge in [-0.1, -0.05) is 19.1 Å². The predicted molar refractivity (Wildman–Crippen MR) is 90.0 cm³/mol. The number of anilines is 1. The molecule has 106 valence electrons. The minimum atomic E-state index is 0.658. The molecule has 1 aromatic heterocycles. The lowest BCUT2D eigenvalue weighted by Crippen LogP contribution is -2.28. The highest BCUT2D eigenvalue weighted by atomic mass is 79.9. The molecule has 0 radical (unpaired) electrons. The highest BCUT2D eigenvalue weighted by Crippen LogP contribution is 2.13. The van der Waals surface area contributed by atoms with Crippen molar-refractivity contribution in [1.29, 1.82) is 0 Å². The molecule has 0 spiro atoms. The van der Waals surface area contributed by atoms with Gasteiger partial charge in [0.1, 0.15) is 0 Å². The molecule has 1 aromatic carbocycles. The van der Waals surface area contributed by atoms with E-state index < -0.39 is 0 Å². The summed E-state index contributed by atoms with van der Waals surface area (Å²) < 4.78 is 2.87. The van der Waals surface area contributed by atoms with Crippen molar-refractivity contribution in [3.63, 3.8) is 0 Å². The lowest BCUT2D eigenvalue weighted by Gasteiger charge is -2.11. The van der Waals surface area contributed by atoms with Crippen molar-refractivity contribution in [2.75, 3.05) is 11.9 Å². The number of benzene rings is 1. The molecular formula is C14H17BrN4S. The summed E-state index contributed by atoms with van der Waals surface area (Å²) in [4.78, 5) is 0. The molecule has 2 N–H and O–H groups in total. The van der Waals surface area contributed by atoms with Crippen LogP contribution < -0.4 is 10.6 Å². The van der Waals surface area contributed by atoms with Crippen molar-refractivity contribution in [3.05, 3.63) is 46.7 Å². The highest BCUT2D eigenvalue weighted by Gasteiger charge is 2.01. The fourth-order valence-corrected chi connectivity index (χ4v) is 2.32. The van der Waals surface area contributed by atoms with Crippen molar-refractivity contribution < 1.29 is 0 Å². The number of thiocarbonyl (C=S) groups is 1. The molecule has 0 atom stereocenters. The van der Waals surface area contributed by atoms with Crippen LogP contribution in [0.5, 0.6) is 0 Å². The molecule has 0 aliphatic heterocycles. The summed E-state index contributed by atoms with van der Waals surface area (Å²) in [6.45, 7) is 3.72. The number of rotatable bonds is 5. The van der Waals surface area contributed by atoms with E-state index in [-0.39, 0.29) is 0 Å². The second-order valence-corrected chi connectivity index (χ2v) is 5.76. The third-order valence-electron chi connectivity index (χ3n) is 2.67. The third-order valence-corrected chi connectivity index (χ3v) is 3.32. The zero-order chi connectivity index (χ0) is 14.4. The molecule has 0 fully saturated rings. The second-order valence-electron chi connectivity index (χ2n) is 4.44. The first-order valence-corrected chi connectivity index (χ1v) is 7.69. The van der Waals surface area contributed by atoms with E-state index in [2.05, 4.69) is 50.7 Å². The topological polar surface area (TPSA) is 41.9 Å². The number of aromatic nitrogens is 2. The molecule has 0 unspecified atom stereocenters. The van der Waals surface area contributed by atoms with E-state index >= 15 is 0 Å². The van der Waals surface area contributed by atoms with Gasteiger partial charge in [-0.3, -0.25) is 4.68 Å². The van der Waals surface area contributed by atoms with Gasteiger partial charge in [-0.15, -0.1) is 0 Å². The molecule has 0 aliphatic carbocycles. The zero-order valence-electron chi connectivity index (χ0n) is 11.3. The minimum Gasteiger partial charge on any atom is -0.362 e. The molecule has 2 rings (SSSR count). The quantitative estimate of drug-likeness (QED) is 0.809. The number of halogens is 1. The Balaban J connectivity index is 1.98. The normalized spacial score (nSPS) is 10.3. The predicted octanol–water partition coefficient (Wildman–Crippen LogP) is 3.39. The molecule has 0 amide bonds. The Morgan fingerprint density at radius 1 is 1.45 bits per heavy atom. The van der Waals surface area contributed by atoms with E-state index in [0.717, 1.165) is 29.7 Å². The van der Waals surface area contributed by atoms with Crippen LogP contribution in [0.4, 0.5) is 5.69 Å². The summed E-state index contributed by atoms with van der Waals surface area (Å²) in [5.74, 6) is 0. The average molecular weight is 353 g/mol. The number of hydrogen-bond acceptors (Lipinski definition) is 2. The maximum absolute atomic E-state index is 5.23. The molecule has 0 aliphatic rings. The number of nitrogens with zero attached hydrogens (tertiary/aromatic N) is 2. The monoisotopic (exact) mass is 352 g/mol. The van der Waals surface area contributed by atoms with Crippen LogP contribution in [0.15, 0.2) is 41.1 Å². The van der Waals surface area contributed by atoms with Crippen LogP contribution >= 0.6 is 28.1 Å². The molecular weight excluding hydrogens is 336 g/mol. The van der Waals surface area contributed by atoms with Gasteiger partial charge in [0, 0.05) is 18.4 Å². The molecule has 6 heteroatoms.